The predicted molar refractivity (Wildman–Crippen MR) is 62.7 cm³/mol. The summed E-state index contributed by atoms with van der Waals surface area (Å²) in [4.78, 5) is 0. The minimum Gasteiger partial charge on any atom is -0.494 e. The highest BCUT2D eigenvalue weighted by Gasteiger charge is 2.52. The molecule has 1 N–H and O–H groups in total. The summed E-state index contributed by atoms with van der Waals surface area (Å²) in [5, 5.41) is 9.74. The number of hydrogen-bond acceptors (Lipinski definition) is 2. The van der Waals surface area contributed by atoms with Crippen LogP contribution in [0.4, 0.5) is 13.2 Å². The van der Waals surface area contributed by atoms with Gasteiger partial charge < -0.3 is 9.84 Å². The Morgan fingerprint density at radius 1 is 1.17 bits per heavy atom. The topological polar surface area (TPSA) is 29.5 Å². The molecule has 0 spiro atoms. The van der Waals surface area contributed by atoms with E-state index in [1.165, 1.54) is 26.0 Å². The van der Waals surface area contributed by atoms with E-state index in [0.717, 1.165) is 6.92 Å². The van der Waals surface area contributed by atoms with E-state index >= 15 is 0 Å². The molecule has 0 aliphatic carbocycles. The Bertz CT molecular complexity index is 413. The molecular weight excluding hydrogens is 245 g/mol. The molecule has 0 aromatic heterocycles. The van der Waals surface area contributed by atoms with Crippen molar-refractivity contribution in [2.75, 3.05) is 6.61 Å². The quantitative estimate of drug-likeness (QED) is 0.903. The van der Waals surface area contributed by atoms with Gasteiger partial charge in [0.2, 0.25) is 0 Å². The summed E-state index contributed by atoms with van der Waals surface area (Å²) in [6.07, 6.45) is -4.71. The fraction of sp³-hybridized carbons (Fsp3) is 0.538. The van der Waals surface area contributed by atoms with E-state index in [0.29, 0.717) is 23.5 Å². The van der Waals surface area contributed by atoms with E-state index in [1.807, 2.05) is 0 Å². The molecule has 18 heavy (non-hydrogen) atoms. The zero-order valence-corrected chi connectivity index (χ0v) is 10.9. The third kappa shape index (κ3) is 2.61. The van der Waals surface area contributed by atoms with Crippen molar-refractivity contribution < 1.29 is 23.0 Å². The number of benzene rings is 1. The maximum absolute atomic E-state index is 12.8. The van der Waals surface area contributed by atoms with Crippen LogP contribution < -0.4 is 4.74 Å². The van der Waals surface area contributed by atoms with Gasteiger partial charge in [0.05, 0.1) is 6.61 Å². The minimum atomic E-state index is -4.71. The van der Waals surface area contributed by atoms with E-state index in [9.17, 15) is 18.3 Å². The van der Waals surface area contributed by atoms with Gasteiger partial charge in [-0.25, -0.2) is 0 Å². The van der Waals surface area contributed by atoms with Gasteiger partial charge in [-0.15, -0.1) is 0 Å². The second kappa shape index (κ2) is 4.80. The van der Waals surface area contributed by atoms with E-state index < -0.39 is 11.8 Å². The molecule has 0 aliphatic rings. The lowest BCUT2D eigenvalue weighted by atomic mass is 9.87. The van der Waals surface area contributed by atoms with Crippen LogP contribution in [0, 0.1) is 13.8 Å². The largest absolute Gasteiger partial charge is 0.494 e. The van der Waals surface area contributed by atoms with E-state index in [-0.39, 0.29) is 5.56 Å². The first-order valence-corrected chi connectivity index (χ1v) is 5.65. The Hall–Kier alpha value is -1.23. The molecule has 2 nitrogen and oxygen atoms in total. The number of halogens is 3. The SMILES string of the molecule is CCOc1cc(C)c(C(C)(O)C(F)(F)F)c(C)c1. The molecule has 0 saturated heterocycles. The maximum atomic E-state index is 12.8. The highest BCUT2D eigenvalue weighted by atomic mass is 19.4. The van der Waals surface area contributed by atoms with Crippen molar-refractivity contribution in [1.29, 1.82) is 0 Å². The molecule has 1 rings (SSSR count). The Balaban J connectivity index is 3.35. The van der Waals surface area contributed by atoms with Crippen molar-refractivity contribution in [2.24, 2.45) is 0 Å². The van der Waals surface area contributed by atoms with Crippen LogP contribution in [0.1, 0.15) is 30.5 Å². The standard InChI is InChI=1S/C13H17F3O2/c1-5-18-10-6-8(2)11(9(3)7-10)12(4,17)13(14,15)16/h6-7,17H,5H2,1-4H3. The Kier molecular flexibility index (Phi) is 3.96. The molecule has 0 amide bonds. The Morgan fingerprint density at radius 2 is 1.61 bits per heavy atom. The number of rotatable bonds is 3. The Labute approximate surface area is 104 Å². The van der Waals surface area contributed by atoms with E-state index in [2.05, 4.69) is 0 Å². The van der Waals surface area contributed by atoms with Crippen molar-refractivity contribution >= 4 is 0 Å². The summed E-state index contributed by atoms with van der Waals surface area (Å²) < 4.78 is 43.8. The highest BCUT2D eigenvalue weighted by Crippen LogP contribution is 2.42. The first kappa shape index (κ1) is 14.8. The van der Waals surface area contributed by atoms with Gasteiger partial charge in [0.25, 0.3) is 0 Å². The third-order valence-corrected chi connectivity index (χ3v) is 2.86. The van der Waals surface area contributed by atoms with Crippen LogP contribution in [0.15, 0.2) is 12.1 Å². The molecule has 0 radical (unpaired) electrons. The summed E-state index contributed by atoms with van der Waals surface area (Å²) in [7, 11) is 0. The number of hydrogen-bond donors (Lipinski definition) is 1. The average molecular weight is 262 g/mol. The molecule has 0 saturated carbocycles. The van der Waals surface area contributed by atoms with Crippen LogP contribution in [0.3, 0.4) is 0 Å². The van der Waals surface area contributed by atoms with Gasteiger partial charge in [0, 0.05) is 0 Å². The van der Waals surface area contributed by atoms with Crippen LogP contribution in [0.5, 0.6) is 5.75 Å². The minimum absolute atomic E-state index is 0.113. The molecule has 1 aromatic carbocycles. The van der Waals surface area contributed by atoms with Crippen LogP contribution in [-0.4, -0.2) is 17.9 Å². The molecule has 0 bridgehead atoms. The van der Waals surface area contributed by atoms with Gasteiger partial charge >= 0.3 is 6.18 Å². The van der Waals surface area contributed by atoms with Crippen molar-refractivity contribution in [3.8, 4) is 5.75 Å². The lowest BCUT2D eigenvalue weighted by Gasteiger charge is -2.30. The summed E-state index contributed by atoms with van der Waals surface area (Å²) in [5.74, 6) is 0.509. The summed E-state index contributed by atoms with van der Waals surface area (Å²) in [6.45, 7) is 6.07. The number of aryl methyl sites for hydroxylation is 2. The molecule has 0 fully saturated rings. The predicted octanol–water partition coefficient (Wildman–Crippen LogP) is 3.47. The molecular formula is C13H17F3O2. The average Bonchev–Trinajstić information content (AvgIpc) is 2.14. The van der Waals surface area contributed by atoms with Gasteiger partial charge in [-0.3, -0.25) is 0 Å². The van der Waals surface area contributed by atoms with Crippen LogP contribution >= 0.6 is 0 Å². The van der Waals surface area contributed by atoms with Crippen molar-refractivity contribution in [3.63, 3.8) is 0 Å². The maximum Gasteiger partial charge on any atom is 0.421 e. The summed E-state index contributed by atoms with van der Waals surface area (Å²) >= 11 is 0. The smallest absolute Gasteiger partial charge is 0.421 e. The van der Waals surface area contributed by atoms with Gasteiger partial charge in [-0.1, -0.05) is 0 Å². The first-order chi connectivity index (χ1) is 8.11. The molecule has 1 atom stereocenters. The molecule has 1 unspecified atom stereocenters. The molecule has 1 aromatic rings. The first-order valence-electron chi connectivity index (χ1n) is 5.65. The van der Waals surface area contributed by atoms with Crippen molar-refractivity contribution in [3.05, 3.63) is 28.8 Å². The van der Waals surface area contributed by atoms with E-state index in [1.54, 1.807) is 6.92 Å². The van der Waals surface area contributed by atoms with Crippen LogP contribution in [0.25, 0.3) is 0 Å². The lowest BCUT2D eigenvalue weighted by Crippen LogP contribution is -2.40. The normalized spacial score (nSPS) is 15.3. The van der Waals surface area contributed by atoms with Gasteiger partial charge in [0.15, 0.2) is 5.60 Å². The molecule has 102 valence electrons. The highest BCUT2D eigenvalue weighted by molar-refractivity contribution is 5.44. The molecule has 0 heterocycles. The zero-order valence-electron chi connectivity index (χ0n) is 10.9. The van der Waals surface area contributed by atoms with Crippen LogP contribution in [0.2, 0.25) is 0 Å². The fourth-order valence-electron chi connectivity index (χ4n) is 2.08. The summed E-state index contributed by atoms with van der Waals surface area (Å²) in [6, 6.07) is 3.01. The van der Waals surface area contributed by atoms with Gasteiger partial charge in [-0.2, -0.15) is 13.2 Å². The second-order valence-electron chi connectivity index (χ2n) is 4.44. The zero-order chi connectivity index (χ0) is 14.1. The lowest BCUT2D eigenvalue weighted by molar-refractivity contribution is -0.259. The number of ether oxygens (including phenoxy) is 1. The van der Waals surface area contributed by atoms with Gasteiger partial charge in [0.1, 0.15) is 5.75 Å². The van der Waals surface area contributed by atoms with Crippen molar-refractivity contribution in [2.45, 2.75) is 39.5 Å². The molecule has 0 aliphatic heterocycles. The van der Waals surface area contributed by atoms with Crippen LogP contribution in [-0.2, 0) is 5.60 Å². The second-order valence-corrected chi connectivity index (χ2v) is 4.44. The van der Waals surface area contributed by atoms with Gasteiger partial charge in [-0.05, 0) is 56.5 Å². The Morgan fingerprint density at radius 3 is 1.94 bits per heavy atom. The number of alkyl halides is 3. The fourth-order valence-corrected chi connectivity index (χ4v) is 2.08. The third-order valence-electron chi connectivity index (χ3n) is 2.86. The van der Waals surface area contributed by atoms with Crippen molar-refractivity contribution in [1.82, 2.24) is 0 Å². The monoisotopic (exact) mass is 262 g/mol. The number of aliphatic hydroxyl groups is 1. The van der Waals surface area contributed by atoms with E-state index in [4.69, 9.17) is 4.74 Å². The molecule has 5 heteroatoms. The summed E-state index contributed by atoms with van der Waals surface area (Å²) in [5.41, 5.74) is -2.24.